The van der Waals surface area contributed by atoms with Crippen LogP contribution in [0.1, 0.15) is 31.9 Å². The molecule has 1 atom stereocenters. The van der Waals surface area contributed by atoms with Crippen LogP contribution in [0.3, 0.4) is 0 Å². The van der Waals surface area contributed by atoms with Crippen LogP contribution >= 0.6 is 15.9 Å². The molecule has 1 rings (SSSR count). The lowest BCUT2D eigenvalue weighted by Crippen LogP contribution is -2.44. The van der Waals surface area contributed by atoms with Gasteiger partial charge in [-0.05, 0) is 44.5 Å². The van der Waals surface area contributed by atoms with Crippen molar-refractivity contribution < 1.29 is 32.6 Å². The molecule has 0 radical (unpaired) electrons. The second-order valence-corrected chi connectivity index (χ2v) is 6.90. The van der Waals surface area contributed by atoms with Gasteiger partial charge in [-0.25, -0.2) is 9.59 Å². The molecule has 0 fully saturated rings. The molecule has 0 bridgehead atoms. The minimum absolute atomic E-state index is 0.105. The zero-order valence-corrected chi connectivity index (χ0v) is 14.8. The van der Waals surface area contributed by atoms with E-state index >= 15 is 0 Å². The van der Waals surface area contributed by atoms with Crippen molar-refractivity contribution in [1.82, 2.24) is 5.32 Å². The number of alkyl halides is 3. The fraction of sp³-hybridized carbons (Fsp3) is 0.467. The van der Waals surface area contributed by atoms with Gasteiger partial charge < -0.3 is 15.2 Å². The van der Waals surface area contributed by atoms with Crippen molar-refractivity contribution in [3.8, 4) is 0 Å². The molecule has 5 nitrogen and oxygen atoms in total. The molecule has 2 N–H and O–H groups in total. The first-order valence-electron chi connectivity index (χ1n) is 6.87. The predicted octanol–water partition coefficient (Wildman–Crippen LogP) is 3.99. The standard InChI is InChI=1S/C15H17BrF3NO4/c1-14(2,3)24-13(23)20-11(12(21)22)7-8-6-9(15(17,18)19)4-5-10(8)16/h4-6,11H,7H2,1-3H3,(H,20,23)(H,21,22). The van der Waals surface area contributed by atoms with Crippen LogP contribution in [0.4, 0.5) is 18.0 Å². The van der Waals surface area contributed by atoms with Gasteiger partial charge in [0, 0.05) is 10.9 Å². The van der Waals surface area contributed by atoms with Crippen molar-refractivity contribution in [3.05, 3.63) is 33.8 Å². The number of nitrogens with one attached hydrogen (secondary N) is 1. The molecule has 0 aromatic heterocycles. The van der Waals surface area contributed by atoms with Gasteiger partial charge in [0.1, 0.15) is 11.6 Å². The molecule has 1 aromatic carbocycles. The van der Waals surface area contributed by atoms with Crippen LogP contribution in [0.25, 0.3) is 0 Å². The molecule has 0 saturated heterocycles. The van der Waals surface area contributed by atoms with Gasteiger partial charge in [-0.1, -0.05) is 15.9 Å². The number of hydrogen-bond acceptors (Lipinski definition) is 3. The number of benzene rings is 1. The van der Waals surface area contributed by atoms with Crippen LogP contribution in [-0.4, -0.2) is 28.8 Å². The summed E-state index contributed by atoms with van der Waals surface area (Å²) < 4.78 is 43.6. The Morgan fingerprint density at radius 1 is 1.29 bits per heavy atom. The molecule has 1 amide bonds. The van der Waals surface area contributed by atoms with Crippen LogP contribution in [0.15, 0.2) is 22.7 Å². The Kier molecular flexibility index (Phi) is 6.26. The molecule has 24 heavy (non-hydrogen) atoms. The molecular formula is C15H17BrF3NO4. The number of alkyl carbamates (subject to hydrolysis) is 1. The van der Waals surface area contributed by atoms with E-state index in [9.17, 15) is 27.9 Å². The molecule has 1 aromatic rings. The third kappa shape index (κ3) is 6.38. The summed E-state index contributed by atoms with van der Waals surface area (Å²) in [6.45, 7) is 4.81. The van der Waals surface area contributed by atoms with Gasteiger partial charge in [-0.2, -0.15) is 13.2 Å². The van der Waals surface area contributed by atoms with E-state index in [1.807, 2.05) is 0 Å². The average molecular weight is 412 g/mol. The van der Waals surface area contributed by atoms with Gasteiger partial charge in [-0.15, -0.1) is 0 Å². The SMILES string of the molecule is CC(C)(C)OC(=O)NC(Cc1cc(C(F)(F)F)ccc1Br)C(=O)O. The average Bonchev–Trinajstić information content (AvgIpc) is 2.36. The summed E-state index contributed by atoms with van der Waals surface area (Å²) in [6.07, 6.45) is -5.84. The van der Waals surface area contributed by atoms with Crippen LogP contribution in [0, 0.1) is 0 Å². The number of ether oxygens (including phenoxy) is 1. The quantitative estimate of drug-likeness (QED) is 0.785. The number of carbonyl (C=O) groups is 2. The van der Waals surface area contributed by atoms with Gasteiger partial charge in [0.15, 0.2) is 0 Å². The number of carbonyl (C=O) groups excluding carboxylic acids is 1. The molecule has 0 aliphatic carbocycles. The van der Waals surface area contributed by atoms with Crippen molar-refractivity contribution in [3.63, 3.8) is 0 Å². The number of halogens is 4. The van der Waals surface area contributed by atoms with E-state index in [2.05, 4.69) is 21.2 Å². The first-order valence-corrected chi connectivity index (χ1v) is 7.67. The third-order valence-corrected chi connectivity index (χ3v) is 3.56. The molecule has 9 heteroatoms. The van der Waals surface area contributed by atoms with Crippen molar-refractivity contribution in [2.24, 2.45) is 0 Å². The maximum atomic E-state index is 12.8. The fourth-order valence-electron chi connectivity index (χ4n) is 1.78. The molecule has 0 heterocycles. The summed E-state index contributed by atoms with van der Waals surface area (Å²) >= 11 is 3.09. The first kappa shape index (κ1) is 20.3. The Labute approximate surface area is 145 Å². The smallest absolute Gasteiger partial charge is 0.416 e. The van der Waals surface area contributed by atoms with E-state index in [1.165, 1.54) is 6.07 Å². The molecular weight excluding hydrogens is 395 g/mol. The Bertz CT molecular complexity index is 626. The highest BCUT2D eigenvalue weighted by Gasteiger charge is 2.32. The van der Waals surface area contributed by atoms with Gasteiger partial charge in [0.05, 0.1) is 5.56 Å². The van der Waals surface area contributed by atoms with Gasteiger partial charge in [0.2, 0.25) is 0 Å². The van der Waals surface area contributed by atoms with E-state index in [-0.39, 0.29) is 12.0 Å². The van der Waals surface area contributed by atoms with Crippen LogP contribution in [-0.2, 0) is 22.1 Å². The zero-order valence-electron chi connectivity index (χ0n) is 13.2. The van der Waals surface area contributed by atoms with E-state index in [1.54, 1.807) is 20.8 Å². The van der Waals surface area contributed by atoms with E-state index in [0.29, 0.717) is 4.47 Å². The van der Waals surface area contributed by atoms with Crippen LogP contribution in [0.2, 0.25) is 0 Å². The number of hydrogen-bond donors (Lipinski definition) is 2. The van der Waals surface area contributed by atoms with Gasteiger partial charge >= 0.3 is 18.2 Å². The highest BCUT2D eigenvalue weighted by atomic mass is 79.9. The minimum atomic E-state index is -4.55. The monoisotopic (exact) mass is 411 g/mol. The fourth-order valence-corrected chi connectivity index (χ4v) is 2.19. The summed E-state index contributed by atoms with van der Waals surface area (Å²) in [4.78, 5) is 23.0. The first-order chi connectivity index (χ1) is 10.8. The van der Waals surface area contributed by atoms with Crippen LogP contribution in [0.5, 0.6) is 0 Å². The molecule has 134 valence electrons. The lowest BCUT2D eigenvalue weighted by Gasteiger charge is -2.22. The van der Waals surface area contributed by atoms with Crippen molar-refractivity contribution >= 4 is 28.0 Å². The Balaban J connectivity index is 2.97. The number of amides is 1. The molecule has 1 unspecified atom stereocenters. The Morgan fingerprint density at radius 2 is 1.88 bits per heavy atom. The summed E-state index contributed by atoms with van der Waals surface area (Å²) in [5.74, 6) is -1.38. The predicted molar refractivity (Wildman–Crippen MR) is 83.6 cm³/mol. The lowest BCUT2D eigenvalue weighted by atomic mass is 10.0. The molecule has 0 saturated carbocycles. The highest BCUT2D eigenvalue weighted by Crippen LogP contribution is 2.32. The zero-order chi connectivity index (χ0) is 18.7. The summed E-state index contributed by atoms with van der Waals surface area (Å²) in [5.41, 5.74) is -1.63. The second-order valence-electron chi connectivity index (χ2n) is 6.05. The van der Waals surface area contributed by atoms with E-state index in [0.717, 1.165) is 12.1 Å². The summed E-state index contributed by atoms with van der Waals surface area (Å²) in [7, 11) is 0. The van der Waals surface area contributed by atoms with Crippen molar-refractivity contribution in [1.29, 1.82) is 0 Å². The van der Waals surface area contributed by atoms with Gasteiger partial charge in [-0.3, -0.25) is 0 Å². The van der Waals surface area contributed by atoms with Gasteiger partial charge in [0.25, 0.3) is 0 Å². The minimum Gasteiger partial charge on any atom is -0.480 e. The number of carboxylic acid groups (broad SMARTS) is 1. The molecule has 0 spiro atoms. The number of carboxylic acids is 1. The van der Waals surface area contributed by atoms with E-state index < -0.39 is 35.4 Å². The van der Waals surface area contributed by atoms with Crippen LogP contribution < -0.4 is 5.32 Å². The third-order valence-electron chi connectivity index (χ3n) is 2.79. The summed E-state index contributed by atoms with van der Waals surface area (Å²) in [5, 5.41) is 11.3. The maximum Gasteiger partial charge on any atom is 0.416 e. The van der Waals surface area contributed by atoms with Crippen molar-refractivity contribution in [2.75, 3.05) is 0 Å². The normalized spacial score (nSPS) is 13.3. The largest absolute Gasteiger partial charge is 0.480 e. The highest BCUT2D eigenvalue weighted by molar-refractivity contribution is 9.10. The van der Waals surface area contributed by atoms with Crippen molar-refractivity contribution in [2.45, 2.75) is 45.0 Å². The molecule has 0 aliphatic heterocycles. The van der Waals surface area contributed by atoms with E-state index in [4.69, 9.17) is 4.74 Å². The number of aliphatic carboxylic acids is 1. The second kappa shape index (κ2) is 7.42. The lowest BCUT2D eigenvalue weighted by molar-refractivity contribution is -0.139. The Hall–Kier alpha value is -1.77. The molecule has 0 aliphatic rings. The summed E-state index contributed by atoms with van der Waals surface area (Å²) in [6, 6.07) is 1.48. The Morgan fingerprint density at radius 3 is 2.33 bits per heavy atom. The maximum absolute atomic E-state index is 12.8. The number of rotatable bonds is 4. The topological polar surface area (TPSA) is 75.6 Å².